The molecule has 0 spiro atoms. The molecule has 124 valence electrons. The van der Waals surface area contributed by atoms with E-state index in [0.29, 0.717) is 5.69 Å². The maximum atomic E-state index is 12.6. The molecule has 3 rings (SSSR count). The summed E-state index contributed by atoms with van der Waals surface area (Å²) in [4.78, 5) is 27.1. The summed E-state index contributed by atoms with van der Waals surface area (Å²) in [6.45, 7) is 0. The van der Waals surface area contributed by atoms with E-state index in [1.54, 1.807) is 28.9 Å². The molecule has 0 aliphatic rings. The van der Waals surface area contributed by atoms with E-state index in [-0.39, 0.29) is 41.0 Å². The molecule has 0 atom stereocenters. The number of carbonyl (C=O) groups excluding carboxylic acids is 1. The van der Waals surface area contributed by atoms with Crippen LogP contribution in [-0.4, -0.2) is 27.2 Å². The number of hydrogen-bond acceptors (Lipinski definition) is 6. The Morgan fingerprint density at radius 1 is 1.33 bits per heavy atom. The van der Waals surface area contributed by atoms with Crippen molar-refractivity contribution in [1.29, 1.82) is 0 Å². The minimum absolute atomic E-state index is 0. The minimum atomic E-state index is -0.571. The zero-order valence-corrected chi connectivity index (χ0v) is 13.3. The standard InChI is InChI=1S/C15H12N4O4.ClH/c1-23-13-6-9(2-5-12(13)19(21)22)14(20)15-17-7-11-4-3-10(16)8-18(11)15;/h2-8H,16H2,1H3;1H. The molecule has 2 heterocycles. The van der Waals surface area contributed by atoms with Gasteiger partial charge < -0.3 is 10.5 Å². The topological polar surface area (TPSA) is 113 Å². The van der Waals surface area contributed by atoms with Gasteiger partial charge in [0.25, 0.3) is 0 Å². The van der Waals surface area contributed by atoms with Crippen LogP contribution in [0.2, 0.25) is 0 Å². The van der Waals surface area contributed by atoms with E-state index in [0.717, 1.165) is 5.52 Å². The summed E-state index contributed by atoms with van der Waals surface area (Å²) in [5.74, 6) is -0.201. The van der Waals surface area contributed by atoms with Crippen molar-refractivity contribution < 1.29 is 14.5 Å². The molecule has 0 saturated carbocycles. The highest BCUT2D eigenvalue weighted by Gasteiger charge is 2.20. The van der Waals surface area contributed by atoms with Gasteiger partial charge in [0, 0.05) is 23.5 Å². The molecule has 0 aliphatic heterocycles. The number of nitro benzene ring substituents is 1. The molecule has 3 aromatic rings. The second kappa shape index (κ2) is 6.55. The number of ether oxygens (including phenoxy) is 1. The van der Waals surface area contributed by atoms with Crippen LogP contribution in [0.5, 0.6) is 5.75 Å². The molecule has 0 amide bonds. The molecule has 0 aliphatic carbocycles. The lowest BCUT2D eigenvalue weighted by atomic mass is 10.1. The third kappa shape index (κ3) is 2.86. The Kier molecular flexibility index (Phi) is 4.70. The highest BCUT2D eigenvalue weighted by atomic mass is 35.5. The molecule has 1 aromatic carbocycles. The minimum Gasteiger partial charge on any atom is -0.490 e. The lowest BCUT2D eigenvalue weighted by Crippen LogP contribution is -2.08. The summed E-state index contributed by atoms with van der Waals surface area (Å²) in [5, 5.41) is 10.9. The van der Waals surface area contributed by atoms with E-state index in [2.05, 4.69) is 4.98 Å². The largest absolute Gasteiger partial charge is 0.490 e. The zero-order chi connectivity index (χ0) is 16.6. The number of nitrogens with zero attached hydrogens (tertiary/aromatic N) is 3. The van der Waals surface area contributed by atoms with Gasteiger partial charge in [-0.25, -0.2) is 4.98 Å². The van der Waals surface area contributed by atoms with E-state index in [9.17, 15) is 14.9 Å². The molecule has 0 fully saturated rings. The fourth-order valence-electron chi connectivity index (χ4n) is 2.27. The number of imidazole rings is 1. The first-order valence-corrected chi connectivity index (χ1v) is 6.61. The van der Waals surface area contributed by atoms with Crippen molar-refractivity contribution in [3.8, 4) is 5.75 Å². The number of nitrogen functional groups attached to an aromatic ring is 1. The van der Waals surface area contributed by atoms with Crippen LogP contribution < -0.4 is 10.5 Å². The van der Waals surface area contributed by atoms with Crippen LogP contribution in [0, 0.1) is 10.1 Å². The van der Waals surface area contributed by atoms with Gasteiger partial charge in [-0.15, -0.1) is 12.4 Å². The first-order chi connectivity index (χ1) is 11.0. The molecule has 0 radical (unpaired) electrons. The normalized spacial score (nSPS) is 10.2. The molecule has 0 saturated heterocycles. The summed E-state index contributed by atoms with van der Waals surface area (Å²) in [5.41, 5.74) is 6.98. The van der Waals surface area contributed by atoms with Crippen molar-refractivity contribution in [3.63, 3.8) is 0 Å². The number of hydrogen-bond donors (Lipinski definition) is 1. The zero-order valence-electron chi connectivity index (χ0n) is 12.5. The molecular formula is C15H13ClN4O4. The average Bonchev–Trinajstić information content (AvgIpc) is 2.96. The lowest BCUT2D eigenvalue weighted by Gasteiger charge is -2.05. The van der Waals surface area contributed by atoms with Crippen molar-refractivity contribution in [2.75, 3.05) is 12.8 Å². The number of ketones is 1. The predicted molar refractivity (Wildman–Crippen MR) is 89.9 cm³/mol. The number of fused-ring (bicyclic) bond motifs is 1. The van der Waals surface area contributed by atoms with Gasteiger partial charge in [0.2, 0.25) is 5.78 Å². The number of benzene rings is 1. The fraction of sp³-hybridized carbons (Fsp3) is 0.0667. The van der Waals surface area contributed by atoms with Gasteiger partial charge in [0.1, 0.15) is 0 Å². The Balaban J connectivity index is 0.00000208. The summed E-state index contributed by atoms with van der Waals surface area (Å²) in [7, 11) is 1.31. The van der Waals surface area contributed by atoms with Crippen LogP contribution >= 0.6 is 12.4 Å². The molecule has 8 nitrogen and oxygen atoms in total. The highest BCUT2D eigenvalue weighted by molar-refractivity contribution is 6.07. The monoisotopic (exact) mass is 348 g/mol. The van der Waals surface area contributed by atoms with Crippen molar-refractivity contribution in [3.05, 3.63) is 64.2 Å². The number of pyridine rings is 1. The van der Waals surface area contributed by atoms with E-state index in [1.165, 1.54) is 25.3 Å². The van der Waals surface area contributed by atoms with Crippen LogP contribution in [0.25, 0.3) is 5.52 Å². The van der Waals surface area contributed by atoms with Gasteiger partial charge in [-0.3, -0.25) is 19.3 Å². The molecule has 0 bridgehead atoms. The maximum Gasteiger partial charge on any atom is 0.310 e. The molecular weight excluding hydrogens is 336 g/mol. The number of anilines is 1. The van der Waals surface area contributed by atoms with E-state index in [4.69, 9.17) is 10.5 Å². The van der Waals surface area contributed by atoms with E-state index in [1.807, 2.05) is 0 Å². The van der Waals surface area contributed by atoms with E-state index < -0.39 is 4.92 Å². The maximum absolute atomic E-state index is 12.6. The Morgan fingerprint density at radius 3 is 2.75 bits per heavy atom. The number of nitro groups is 1. The van der Waals surface area contributed by atoms with Crippen LogP contribution in [-0.2, 0) is 0 Å². The fourth-order valence-corrected chi connectivity index (χ4v) is 2.27. The van der Waals surface area contributed by atoms with Crippen molar-refractivity contribution in [2.24, 2.45) is 0 Å². The van der Waals surface area contributed by atoms with Crippen LogP contribution in [0.15, 0.2) is 42.7 Å². The van der Waals surface area contributed by atoms with Crippen LogP contribution in [0.4, 0.5) is 11.4 Å². The number of aromatic nitrogens is 2. The molecule has 2 N–H and O–H groups in total. The number of methoxy groups -OCH3 is 1. The Hall–Kier alpha value is -3.13. The second-order valence-electron chi connectivity index (χ2n) is 4.81. The highest BCUT2D eigenvalue weighted by Crippen LogP contribution is 2.28. The molecule has 24 heavy (non-hydrogen) atoms. The summed E-state index contributed by atoms with van der Waals surface area (Å²) in [6.07, 6.45) is 3.15. The molecule has 9 heteroatoms. The Bertz CT molecular complexity index is 938. The van der Waals surface area contributed by atoms with Gasteiger partial charge in [0.15, 0.2) is 11.6 Å². The SMILES string of the molecule is COc1cc(C(=O)c2ncc3ccc(N)cn23)ccc1[N+](=O)[O-].Cl. The summed E-state index contributed by atoms with van der Waals surface area (Å²) >= 11 is 0. The first-order valence-electron chi connectivity index (χ1n) is 6.61. The first kappa shape index (κ1) is 17.2. The predicted octanol–water partition coefficient (Wildman–Crippen LogP) is 2.49. The van der Waals surface area contributed by atoms with Crippen LogP contribution in [0.3, 0.4) is 0 Å². The van der Waals surface area contributed by atoms with Gasteiger partial charge in [0.05, 0.1) is 23.7 Å². The molecule has 2 aromatic heterocycles. The lowest BCUT2D eigenvalue weighted by molar-refractivity contribution is -0.385. The number of rotatable bonds is 4. The van der Waals surface area contributed by atoms with Gasteiger partial charge in [-0.05, 0) is 24.3 Å². The third-order valence-corrected chi connectivity index (χ3v) is 3.39. The van der Waals surface area contributed by atoms with Crippen LogP contribution in [0.1, 0.15) is 16.2 Å². The number of halogens is 1. The van der Waals surface area contributed by atoms with E-state index >= 15 is 0 Å². The number of nitrogens with two attached hydrogens (primary N) is 1. The number of carbonyl (C=O) groups is 1. The van der Waals surface area contributed by atoms with Gasteiger partial charge in [-0.1, -0.05) is 0 Å². The smallest absolute Gasteiger partial charge is 0.310 e. The quantitative estimate of drug-likeness (QED) is 0.440. The average molecular weight is 349 g/mol. The molecule has 0 unspecified atom stereocenters. The third-order valence-electron chi connectivity index (χ3n) is 3.39. The van der Waals surface area contributed by atoms with Crippen molar-refractivity contribution >= 4 is 35.1 Å². The Labute approximate surface area is 142 Å². The van der Waals surface area contributed by atoms with Crippen molar-refractivity contribution in [2.45, 2.75) is 0 Å². The summed E-state index contributed by atoms with van der Waals surface area (Å²) < 4.78 is 6.56. The van der Waals surface area contributed by atoms with Crippen molar-refractivity contribution in [1.82, 2.24) is 9.38 Å². The Morgan fingerprint density at radius 2 is 2.08 bits per heavy atom. The summed E-state index contributed by atoms with van der Waals surface area (Å²) in [6, 6.07) is 7.39. The second-order valence-corrected chi connectivity index (χ2v) is 4.81. The van der Waals surface area contributed by atoms with Gasteiger partial charge >= 0.3 is 5.69 Å². The van der Waals surface area contributed by atoms with Gasteiger partial charge in [-0.2, -0.15) is 0 Å².